The van der Waals surface area contributed by atoms with Crippen LogP contribution in [0.15, 0.2) is 36.4 Å². The number of anilines is 1. The number of rotatable bonds is 5. The van der Waals surface area contributed by atoms with Crippen LogP contribution in [0.5, 0.6) is 5.75 Å². The molecule has 0 radical (unpaired) electrons. The molecule has 0 saturated carbocycles. The Morgan fingerprint density at radius 1 is 1.07 bits per heavy atom. The maximum Gasteiger partial charge on any atom is 0.311 e. The number of nitro benzene ring substituents is 1. The molecular weight excluding hydrogens is 381 g/mol. The Kier molecular flexibility index (Phi) is 5.76. The summed E-state index contributed by atoms with van der Waals surface area (Å²) in [7, 11) is 1.32. The molecule has 2 aromatic carbocycles. The summed E-state index contributed by atoms with van der Waals surface area (Å²) in [6, 6.07) is 8.44. The van der Waals surface area contributed by atoms with Crippen molar-refractivity contribution in [3.8, 4) is 5.75 Å². The number of hydrogen-bond donors (Lipinski definition) is 0. The van der Waals surface area contributed by atoms with Crippen molar-refractivity contribution >= 4 is 23.1 Å². The zero-order valence-corrected chi connectivity index (χ0v) is 16.1. The SMILES string of the molecule is COc1ccc(C(=O)N2CCN(c3ccc(C(C)=O)cc3F)CC2)cc1[N+](=O)[O-]. The van der Waals surface area contributed by atoms with Crippen molar-refractivity contribution in [2.45, 2.75) is 6.92 Å². The third-order valence-electron chi connectivity index (χ3n) is 4.88. The van der Waals surface area contributed by atoms with Gasteiger partial charge in [-0.25, -0.2) is 4.39 Å². The molecule has 0 atom stereocenters. The number of nitrogens with zero attached hydrogens (tertiary/aromatic N) is 3. The summed E-state index contributed by atoms with van der Waals surface area (Å²) in [5, 5.41) is 11.2. The number of nitro groups is 1. The van der Waals surface area contributed by atoms with Crippen molar-refractivity contribution < 1.29 is 23.6 Å². The van der Waals surface area contributed by atoms with Crippen molar-refractivity contribution in [2.75, 3.05) is 38.2 Å². The van der Waals surface area contributed by atoms with Gasteiger partial charge in [-0.2, -0.15) is 0 Å². The molecule has 1 aliphatic heterocycles. The van der Waals surface area contributed by atoms with Crippen LogP contribution in [0.1, 0.15) is 27.6 Å². The molecule has 29 heavy (non-hydrogen) atoms. The molecule has 1 amide bonds. The number of carbonyl (C=O) groups is 2. The minimum Gasteiger partial charge on any atom is -0.490 e. The van der Waals surface area contributed by atoms with Gasteiger partial charge in [0.05, 0.1) is 17.7 Å². The second-order valence-corrected chi connectivity index (χ2v) is 6.65. The maximum atomic E-state index is 14.4. The molecule has 0 unspecified atom stereocenters. The Morgan fingerprint density at radius 2 is 1.72 bits per heavy atom. The minimum atomic E-state index is -0.596. The molecule has 1 fully saturated rings. The highest BCUT2D eigenvalue weighted by Gasteiger charge is 2.26. The Balaban J connectivity index is 1.71. The average molecular weight is 401 g/mol. The van der Waals surface area contributed by atoms with E-state index in [-0.39, 0.29) is 28.7 Å². The van der Waals surface area contributed by atoms with Crippen LogP contribution < -0.4 is 9.64 Å². The first-order valence-corrected chi connectivity index (χ1v) is 8.99. The highest BCUT2D eigenvalue weighted by Crippen LogP contribution is 2.28. The van der Waals surface area contributed by atoms with E-state index in [1.165, 1.54) is 38.3 Å². The molecule has 0 aromatic heterocycles. The summed E-state index contributed by atoms with van der Waals surface area (Å²) in [6.07, 6.45) is 0. The van der Waals surface area contributed by atoms with Crippen molar-refractivity contribution in [2.24, 2.45) is 0 Å². The third-order valence-corrected chi connectivity index (χ3v) is 4.88. The van der Waals surface area contributed by atoms with E-state index in [4.69, 9.17) is 4.74 Å². The molecule has 0 bridgehead atoms. The van der Waals surface area contributed by atoms with Crippen molar-refractivity contribution in [3.63, 3.8) is 0 Å². The molecule has 2 aromatic rings. The zero-order chi connectivity index (χ0) is 21.1. The van der Waals surface area contributed by atoms with E-state index in [1.807, 2.05) is 0 Å². The number of ketones is 1. The van der Waals surface area contributed by atoms with Gasteiger partial charge in [0, 0.05) is 43.4 Å². The first-order chi connectivity index (χ1) is 13.8. The number of benzene rings is 2. The first-order valence-electron chi connectivity index (χ1n) is 8.99. The van der Waals surface area contributed by atoms with E-state index in [0.29, 0.717) is 37.4 Å². The lowest BCUT2D eigenvalue weighted by Gasteiger charge is -2.36. The second kappa shape index (κ2) is 8.26. The highest BCUT2D eigenvalue weighted by atomic mass is 19.1. The van der Waals surface area contributed by atoms with E-state index in [0.717, 1.165) is 0 Å². The normalized spacial score (nSPS) is 13.9. The predicted octanol–water partition coefficient (Wildman–Crippen LogP) is 2.91. The Labute approximate surface area is 166 Å². The number of methoxy groups -OCH3 is 1. The van der Waals surface area contributed by atoms with Gasteiger partial charge in [-0.3, -0.25) is 19.7 Å². The lowest BCUT2D eigenvalue weighted by atomic mass is 10.1. The van der Waals surface area contributed by atoms with Gasteiger partial charge < -0.3 is 14.5 Å². The molecule has 9 heteroatoms. The number of hydrogen-bond acceptors (Lipinski definition) is 6. The van der Waals surface area contributed by atoms with Crippen molar-refractivity contribution in [1.82, 2.24) is 4.90 Å². The van der Waals surface area contributed by atoms with E-state index in [1.54, 1.807) is 21.9 Å². The van der Waals surface area contributed by atoms with Gasteiger partial charge in [-0.1, -0.05) is 0 Å². The third kappa shape index (κ3) is 4.18. The lowest BCUT2D eigenvalue weighted by Crippen LogP contribution is -2.49. The molecule has 3 rings (SSSR count). The minimum absolute atomic E-state index is 0.0841. The van der Waals surface area contributed by atoms with E-state index in [2.05, 4.69) is 0 Å². The molecule has 0 N–H and O–H groups in total. The number of Topliss-reactive ketones (excluding diaryl/α,β-unsaturated/α-hetero) is 1. The van der Waals surface area contributed by atoms with Crippen LogP contribution in [0, 0.1) is 15.9 Å². The molecule has 0 aliphatic carbocycles. The standard InChI is InChI=1S/C20H20FN3O5/c1-13(25)14-3-5-17(16(21)11-14)22-7-9-23(10-8-22)20(26)15-4-6-19(29-2)18(12-15)24(27)28/h3-6,11-12H,7-10H2,1-2H3. The Bertz CT molecular complexity index is 971. The number of ether oxygens (including phenoxy) is 1. The molecule has 0 spiro atoms. The summed E-state index contributed by atoms with van der Waals surface area (Å²) in [4.78, 5) is 38.1. The molecular formula is C20H20FN3O5. The van der Waals surface area contributed by atoms with Gasteiger partial charge in [0.25, 0.3) is 5.91 Å². The fraction of sp³-hybridized carbons (Fsp3) is 0.300. The number of amides is 1. The summed E-state index contributed by atoms with van der Waals surface area (Å²) < 4.78 is 19.3. The van der Waals surface area contributed by atoms with Crippen LogP contribution in [0.3, 0.4) is 0 Å². The maximum absolute atomic E-state index is 14.4. The summed E-state index contributed by atoms with van der Waals surface area (Å²) in [5.74, 6) is -0.939. The molecule has 8 nitrogen and oxygen atoms in total. The fourth-order valence-corrected chi connectivity index (χ4v) is 3.28. The van der Waals surface area contributed by atoms with E-state index >= 15 is 0 Å². The predicted molar refractivity (Wildman–Crippen MR) is 104 cm³/mol. The first kappa shape index (κ1) is 20.2. The van der Waals surface area contributed by atoms with E-state index in [9.17, 15) is 24.1 Å². The number of halogens is 1. The summed E-state index contributed by atoms with van der Waals surface area (Å²) >= 11 is 0. The van der Waals surface area contributed by atoms with E-state index < -0.39 is 10.7 Å². The molecule has 1 heterocycles. The van der Waals surface area contributed by atoms with Crippen molar-refractivity contribution in [3.05, 3.63) is 63.5 Å². The van der Waals surface area contributed by atoms with Gasteiger partial charge in [0.2, 0.25) is 0 Å². The summed E-state index contributed by atoms with van der Waals surface area (Å²) in [5.41, 5.74) is 0.607. The topological polar surface area (TPSA) is 93.0 Å². The van der Waals surface area contributed by atoms with Gasteiger partial charge in [0.1, 0.15) is 5.82 Å². The van der Waals surface area contributed by atoms with Crippen LogP contribution in [0.25, 0.3) is 0 Å². The lowest BCUT2D eigenvalue weighted by molar-refractivity contribution is -0.385. The monoisotopic (exact) mass is 401 g/mol. The van der Waals surface area contributed by atoms with Crippen LogP contribution >= 0.6 is 0 Å². The van der Waals surface area contributed by atoms with Crippen LogP contribution in [0.4, 0.5) is 15.8 Å². The Morgan fingerprint density at radius 3 is 2.28 bits per heavy atom. The summed E-state index contributed by atoms with van der Waals surface area (Å²) in [6.45, 7) is 2.86. The molecule has 1 aliphatic rings. The average Bonchev–Trinajstić information content (AvgIpc) is 2.72. The largest absolute Gasteiger partial charge is 0.490 e. The van der Waals surface area contributed by atoms with Gasteiger partial charge in [-0.05, 0) is 37.3 Å². The number of piperazine rings is 1. The molecule has 1 saturated heterocycles. The smallest absolute Gasteiger partial charge is 0.311 e. The van der Waals surface area contributed by atoms with Crippen molar-refractivity contribution in [1.29, 1.82) is 0 Å². The zero-order valence-electron chi connectivity index (χ0n) is 16.1. The van der Waals surface area contributed by atoms with Crippen LogP contribution in [0.2, 0.25) is 0 Å². The van der Waals surface area contributed by atoms with Gasteiger partial charge in [0.15, 0.2) is 11.5 Å². The second-order valence-electron chi connectivity index (χ2n) is 6.65. The Hall–Kier alpha value is -3.49. The van der Waals surface area contributed by atoms with Gasteiger partial charge in [-0.15, -0.1) is 0 Å². The molecule has 152 valence electrons. The highest BCUT2D eigenvalue weighted by molar-refractivity contribution is 5.95. The van der Waals surface area contributed by atoms with Gasteiger partial charge >= 0.3 is 5.69 Å². The number of carbonyl (C=O) groups excluding carboxylic acids is 2. The fourth-order valence-electron chi connectivity index (χ4n) is 3.28. The van der Waals surface area contributed by atoms with Crippen LogP contribution in [-0.4, -0.2) is 54.8 Å². The van der Waals surface area contributed by atoms with Crippen LogP contribution in [-0.2, 0) is 0 Å². The quantitative estimate of drug-likeness (QED) is 0.435.